The van der Waals surface area contributed by atoms with E-state index in [9.17, 15) is 13.6 Å². The Morgan fingerprint density at radius 2 is 2.15 bits per heavy atom. The van der Waals surface area contributed by atoms with Gasteiger partial charge in [0.2, 0.25) is 0 Å². The van der Waals surface area contributed by atoms with Crippen LogP contribution in [0.4, 0.5) is 8.78 Å². The molecule has 0 N–H and O–H groups in total. The van der Waals surface area contributed by atoms with E-state index in [-0.39, 0.29) is 23.4 Å². The van der Waals surface area contributed by atoms with Crippen LogP contribution in [-0.4, -0.2) is 49.0 Å². The third-order valence-electron chi connectivity index (χ3n) is 4.25. The van der Waals surface area contributed by atoms with E-state index in [1.165, 1.54) is 6.07 Å². The van der Waals surface area contributed by atoms with Gasteiger partial charge in [0, 0.05) is 18.7 Å². The molecule has 1 aliphatic heterocycles. The Balaban J connectivity index is 1.47. The molecule has 8 nitrogen and oxygen atoms in total. The normalized spacial score (nSPS) is 17.0. The second kappa shape index (κ2) is 6.28. The molecule has 1 fully saturated rings. The lowest BCUT2D eigenvalue weighted by Crippen LogP contribution is -2.29. The highest BCUT2D eigenvalue weighted by molar-refractivity contribution is 5.94. The number of rotatable bonds is 3. The van der Waals surface area contributed by atoms with E-state index in [0.29, 0.717) is 31.0 Å². The Hall–Kier alpha value is -3.17. The fraction of sp³-hybridized carbons (Fsp3) is 0.312. The number of benzene rings is 1. The van der Waals surface area contributed by atoms with Crippen LogP contribution in [0.15, 0.2) is 28.9 Å². The Labute approximate surface area is 146 Å². The molecule has 0 saturated carbocycles. The molecule has 1 aliphatic rings. The van der Waals surface area contributed by atoms with Crippen LogP contribution in [0.1, 0.15) is 28.6 Å². The number of hydrogen-bond acceptors (Lipinski definition) is 6. The lowest BCUT2D eigenvalue weighted by molar-refractivity contribution is 0.0786. The van der Waals surface area contributed by atoms with Crippen molar-refractivity contribution in [3.05, 3.63) is 47.4 Å². The standard InChI is InChI=1S/C16H14F2N6O2/c1-9-19-15(26-21-9)14-8-24(22-20-14)11-4-5-23(7-11)16(25)10-2-3-12(17)13(18)6-10/h2-3,6,8,11H,4-5,7H2,1H3/t11-/m0/s1. The van der Waals surface area contributed by atoms with E-state index < -0.39 is 11.6 Å². The van der Waals surface area contributed by atoms with Crippen LogP contribution < -0.4 is 0 Å². The van der Waals surface area contributed by atoms with Crippen LogP contribution in [-0.2, 0) is 0 Å². The molecule has 0 spiro atoms. The molecule has 0 aliphatic carbocycles. The number of aromatic nitrogens is 5. The van der Waals surface area contributed by atoms with Crippen molar-refractivity contribution in [2.75, 3.05) is 13.1 Å². The Morgan fingerprint density at radius 1 is 1.31 bits per heavy atom. The smallest absolute Gasteiger partial charge is 0.280 e. The van der Waals surface area contributed by atoms with Gasteiger partial charge in [-0.05, 0) is 31.5 Å². The van der Waals surface area contributed by atoms with Crippen LogP contribution in [0.2, 0.25) is 0 Å². The topological polar surface area (TPSA) is 89.9 Å². The Morgan fingerprint density at radius 3 is 2.88 bits per heavy atom. The predicted molar refractivity (Wildman–Crippen MR) is 84.0 cm³/mol. The predicted octanol–water partition coefficient (Wildman–Crippen LogP) is 2.00. The number of carbonyl (C=O) groups is 1. The number of likely N-dealkylation sites (tertiary alicyclic amines) is 1. The van der Waals surface area contributed by atoms with Gasteiger partial charge >= 0.3 is 0 Å². The maximum atomic E-state index is 13.3. The first-order valence-corrected chi connectivity index (χ1v) is 7.98. The molecule has 10 heteroatoms. The molecule has 1 atom stereocenters. The average molecular weight is 360 g/mol. The van der Waals surface area contributed by atoms with Crippen molar-refractivity contribution in [3.63, 3.8) is 0 Å². The van der Waals surface area contributed by atoms with E-state index in [0.717, 1.165) is 12.1 Å². The van der Waals surface area contributed by atoms with Crippen molar-refractivity contribution in [1.82, 2.24) is 30.0 Å². The molecule has 0 bridgehead atoms. The van der Waals surface area contributed by atoms with Crippen LogP contribution in [0.3, 0.4) is 0 Å². The summed E-state index contributed by atoms with van der Waals surface area (Å²) in [6, 6.07) is 3.07. The summed E-state index contributed by atoms with van der Waals surface area (Å²) in [4.78, 5) is 18.1. The van der Waals surface area contributed by atoms with E-state index in [2.05, 4.69) is 20.5 Å². The monoisotopic (exact) mass is 360 g/mol. The highest BCUT2D eigenvalue weighted by Gasteiger charge is 2.29. The van der Waals surface area contributed by atoms with Crippen LogP contribution >= 0.6 is 0 Å². The summed E-state index contributed by atoms with van der Waals surface area (Å²) < 4.78 is 33.1. The fourth-order valence-electron chi connectivity index (χ4n) is 2.91. The van der Waals surface area contributed by atoms with E-state index in [1.54, 1.807) is 22.7 Å². The van der Waals surface area contributed by atoms with Gasteiger partial charge in [0.25, 0.3) is 11.8 Å². The van der Waals surface area contributed by atoms with E-state index in [4.69, 9.17) is 4.52 Å². The van der Waals surface area contributed by atoms with Crippen molar-refractivity contribution in [2.24, 2.45) is 0 Å². The first kappa shape index (κ1) is 16.3. The number of aryl methyl sites for hydroxylation is 1. The molecule has 4 rings (SSSR count). The fourth-order valence-corrected chi connectivity index (χ4v) is 2.91. The van der Waals surface area contributed by atoms with Crippen molar-refractivity contribution in [1.29, 1.82) is 0 Å². The third-order valence-corrected chi connectivity index (χ3v) is 4.25. The highest BCUT2D eigenvalue weighted by Crippen LogP contribution is 2.24. The summed E-state index contributed by atoms with van der Waals surface area (Å²) >= 11 is 0. The van der Waals surface area contributed by atoms with Crippen LogP contribution in [0.5, 0.6) is 0 Å². The van der Waals surface area contributed by atoms with Gasteiger partial charge in [-0.15, -0.1) is 5.10 Å². The first-order valence-electron chi connectivity index (χ1n) is 7.98. The molecule has 3 heterocycles. The summed E-state index contributed by atoms with van der Waals surface area (Å²) in [5.41, 5.74) is 0.571. The van der Waals surface area contributed by atoms with Crippen molar-refractivity contribution >= 4 is 5.91 Å². The Kier molecular flexibility index (Phi) is 3.94. The van der Waals surface area contributed by atoms with Crippen molar-refractivity contribution in [2.45, 2.75) is 19.4 Å². The van der Waals surface area contributed by atoms with Crippen molar-refractivity contribution in [3.8, 4) is 11.6 Å². The zero-order chi connectivity index (χ0) is 18.3. The zero-order valence-corrected chi connectivity index (χ0v) is 13.8. The minimum atomic E-state index is -1.04. The lowest BCUT2D eigenvalue weighted by atomic mass is 10.2. The van der Waals surface area contributed by atoms with Gasteiger partial charge in [0.05, 0.1) is 12.2 Å². The van der Waals surface area contributed by atoms with Gasteiger partial charge in [-0.25, -0.2) is 13.5 Å². The number of amides is 1. The number of hydrogen-bond donors (Lipinski definition) is 0. The summed E-state index contributed by atoms with van der Waals surface area (Å²) in [5.74, 6) is -1.59. The minimum Gasteiger partial charge on any atom is -0.336 e. The van der Waals surface area contributed by atoms with Gasteiger partial charge in [0.15, 0.2) is 23.2 Å². The number of nitrogens with zero attached hydrogens (tertiary/aromatic N) is 6. The molecule has 134 valence electrons. The largest absolute Gasteiger partial charge is 0.336 e. The second-order valence-electron chi connectivity index (χ2n) is 6.05. The summed E-state index contributed by atoms with van der Waals surface area (Å²) in [5, 5.41) is 11.8. The molecule has 0 radical (unpaired) electrons. The molecule has 1 amide bonds. The van der Waals surface area contributed by atoms with Crippen LogP contribution in [0, 0.1) is 18.6 Å². The molecule has 2 aromatic heterocycles. The summed E-state index contributed by atoms with van der Waals surface area (Å²) in [7, 11) is 0. The third kappa shape index (κ3) is 2.93. The molecule has 1 saturated heterocycles. The van der Waals surface area contributed by atoms with Gasteiger partial charge in [-0.3, -0.25) is 4.79 Å². The van der Waals surface area contributed by atoms with Gasteiger partial charge < -0.3 is 9.42 Å². The summed E-state index contributed by atoms with van der Waals surface area (Å²) in [6.45, 7) is 2.58. The quantitative estimate of drug-likeness (QED) is 0.710. The summed E-state index contributed by atoms with van der Waals surface area (Å²) in [6.07, 6.45) is 2.35. The molecular weight excluding hydrogens is 346 g/mol. The highest BCUT2D eigenvalue weighted by atomic mass is 19.2. The zero-order valence-electron chi connectivity index (χ0n) is 13.8. The second-order valence-corrected chi connectivity index (χ2v) is 6.05. The van der Waals surface area contributed by atoms with Gasteiger partial charge in [-0.2, -0.15) is 4.98 Å². The van der Waals surface area contributed by atoms with E-state index >= 15 is 0 Å². The van der Waals surface area contributed by atoms with Crippen molar-refractivity contribution < 1.29 is 18.1 Å². The molecular formula is C16H14F2N6O2. The molecule has 0 unspecified atom stereocenters. The van der Waals surface area contributed by atoms with Crippen LogP contribution in [0.25, 0.3) is 11.6 Å². The maximum absolute atomic E-state index is 13.3. The SMILES string of the molecule is Cc1noc(-c2cn([C@H]3CCN(C(=O)c4ccc(F)c(F)c4)C3)nn2)n1. The van der Waals surface area contributed by atoms with E-state index in [1.807, 2.05) is 0 Å². The molecule has 3 aromatic rings. The number of halogens is 2. The average Bonchev–Trinajstić information content (AvgIpc) is 3.35. The molecule has 26 heavy (non-hydrogen) atoms. The number of carbonyl (C=O) groups excluding carboxylic acids is 1. The molecule has 1 aromatic carbocycles. The minimum absolute atomic E-state index is 0.0745. The van der Waals surface area contributed by atoms with Gasteiger partial charge in [-0.1, -0.05) is 10.4 Å². The Bertz CT molecular complexity index is 969. The lowest BCUT2D eigenvalue weighted by Gasteiger charge is -2.16. The first-order chi connectivity index (χ1) is 12.5. The van der Waals surface area contributed by atoms with Gasteiger partial charge in [0.1, 0.15) is 0 Å². The maximum Gasteiger partial charge on any atom is 0.280 e.